The first kappa shape index (κ1) is 27.1. The van der Waals surface area contributed by atoms with Crippen LogP contribution in [0.3, 0.4) is 0 Å². The van der Waals surface area contributed by atoms with Crippen LogP contribution >= 0.6 is 0 Å². The van der Waals surface area contributed by atoms with Crippen LogP contribution in [-0.4, -0.2) is 31.7 Å². The Bertz CT molecular complexity index is 875. The van der Waals surface area contributed by atoms with Crippen LogP contribution in [0.25, 0.3) is 0 Å². The second kappa shape index (κ2) is 10.1. The molecule has 0 heterocycles. The van der Waals surface area contributed by atoms with Gasteiger partial charge in [-0.1, -0.05) is 51.0 Å². The lowest BCUT2D eigenvalue weighted by Crippen LogP contribution is -2.54. The zero-order valence-corrected chi connectivity index (χ0v) is 24.1. The van der Waals surface area contributed by atoms with Crippen LogP contribution < -0.4 is 0 Å². The molecular weight excluding hydrogens is 432 g/mol. The monoisotopic (exact) mass is 484 g/mol. The molecule has 0 aromatic rings. The fourth-order valence-corrected chi connectivity index (χ4v) is 8.64. The highest BCUT2D eigenvalue weighted by atomic mass is 16.7. The lowest BCUT2D eigenvalue weighted by molar-refractivity contribution is -0.214. The van der Waals surface area contributed by atoms with Gasteiger partial charge in [-0.05, 0) is 119 Å². The van der Waals surface area contributed by atoms with Crippen LogP contribution in [0.4, 0.5) is 0 Å². The van der Waals surface area contributed by atoms with Crippen LogP contribution in [0, 0.1) is 28.1 Å². The highest BCUT2D eigenvalue weighted by molar-refractivity contribution is 5.50. The molecule has 4 rings (SSSR count). The van der Waals surface area contributed by atoms with Crippen molar-refractivity contribution in [3.63, 3.8) is 0 Å². The number of rotatable bonds is 8. The molecule has 1 fully saturated rings. The van der Waals surface area contributed by atoms with Gasteiger partial charge in [-0.2, -0.15) is 0 Å². The van der Waals surface area contributed by atoms with Crippen LogP contribution in [-0.2, 0) is 14.2 Å². The fraction of sp³-hybridized carbons (Fsp3) is 0.812. The normalized spacial score (nSPS) is 37.6. The van der Waals surface area contributed by atoms with Gasteiger partial charge in [0.1, 0.15) is 0 Å². The van der Waals surface area contributed by atoms with Crippen LogP contribution in [0.15, 0.2) is 34.4 Å². The highest BCUT2D eigenvalue weighted by Crippen LogP contribution is 2.66. The Kier molecular flexibility index (Phi) is 7.84. The van der Waals surface area contributed by atoms with Crippen LogP contribution in [0.2, 0.25) is 0 Å². The van der Waals surface area contributed by atoms with E-state index in [0.717, 1.165) is 19.4 Å². The summed E-state index contributed by atoms with van der Waals surface area (Å²) in [5.41, 5.74) is 7.24. The Morgan fingerprint density at radius 3 is 2.46 bits per heavy atom. The minimum absolute atomic E-state index is 0.121. The zero-order valence-electron chi connectivity index (χ0n) is 24.1. The second-order valence-electron chi connectivity index (χ2n) is 13.2. The Balaban J connectivity index is 1.55. The average molecular weight is 485 g/mol. The molecule has 1 saturated carbocycles. The molecule has 0 saturated heterocycles. The predicted molar refractivity (Wildman–Crippen MR) is 145 cm³/mol. The number of allylic oxidation sites excluding steroid dienone is 5. The highest BCUT2D eigenvalue weighted by Gasteiger charge is 2.58. The minimum Gasteiger partial charge on any atom is -0.374 e. The maximum Gasteiger partial charge on any atom is 0.155 e. The van der Waals surface area contributed by atoms with E-state index in [2.05, 4.69) is 67.5 Å². The van der Waals surface area contributed by atoms with Crippen molar-refractivity contribution in [3.8, 4) is 0 Å². The Labute approximate surface area is 215 Å². The summed E-state index contributed by atoms with van der Waals surface area (Å²) in [4.78, 5) is 0. The molecule has 7 atom stereocenters. The molecule has 1 unspecified atom stereocenters. The van der Waals surface area contributed by atoms with Crippen molar-refractivity contribution in [1.29, 1.82) is 0 Å². The SMILES string of the molecule is CCOC(C)O[C@H]1CC[C@]2(C)C3=C(CC[C@@H]2C1(C)C)C1=CC[C@H]([C@H](C)OCC=C(C)C)[C@@]1(C)CC3. The average Bonchev–Trinajstić information content (AvgIpc) is 3.13. The summed E-state index contributed by atoms with van der Waals surface area (Å²) in [6.07, 6.45) is 13.8. The van der Waals surface area contributed by atoms with Gasteiger partial charge in [-0.15, -0.1) is 0 Å². The van der Waals surface area contributed by atoms with Crippen molar-refractivity contribution in [2.45, 2.75) is 126 Å². The third-order valence-electron chi connectivity index (χ3n) is 10.6. The van der Waals surface area contributed by atoms with Gasteiger partial charge in [0.2, 0.25) is 0 Å². The molecule has 4 aliphatic rings. The van der Waals surface area contributed by atoms with E-state index in [4.69, 9.17) is 14.2 Å². The van der Waals surface area contributed by atoms with Crippen molar-refractivity contribution < 1.29 is 14.2 Å². The molecule has 0 aromatic carbocycles. The number of ether oxygens (including phenoxy) is 3. The Morgan fingerprint density at radius 1 is 1.03 bits per heavy atom. The van der Waals surface area contributed by atoms with Gasteiger partial charge in [0, 0.05) is 6.61 Å². The molecule has 0 bridgehead atoms. The molecule has 198 valence electrons. The van der Waals surface area contributed by atoms with Gasteiger partial charge in [-0.3, -0.25) is 0 Å². The van der Waals surface area contributed by atoms with Gasteiger partial charge >= 0.3 is 0 Å². The van der Waals surface area contributed by atoms with E-state index in [1.54, 1.807) is 16.7 Å². The fourth-order valence-electron chi connectivity index (χ4n) is 8.64. The standard InChI is InChI=1S/C32H52O3/c1-10-33-23(5)35-29-16-19-32(9)27-15-18-31(8)25(22(4)34-20-17-21(2)3)12-13-26(31)24(27)11-14-28(32)30(29,6)7/h13,17,22-23,25,28-29H,10-12,14-16,18-20H2,1-9H3/t22-,23?,25+,28+,29-,31+,32+/m0/s1. The molecule has 0 amide bonds. The quantitative estimate of drug-likeness (QED) is 0.256. The largest absolute Gasteiger partial charge is 0.374 e. The summed E-state index contributed by atoms with van der Waals surface area (Å²) in [6.45, 7) is 22.2. The van der Waals surface area contributed by atoms with Crippen molar-refractivity contribution in [2.75, 3.05) is 13.2 Å². The number of fused-ring (bicyclic) bond motifs is 4. The maximum absolute atomic E-state index is 6.48. The summed E-state index contributed by atoms with van der Waals surface area (Å²) in [5.74, 6) is 1.25. The minimum atomic E-state index is -0.121. The van der Waals surface area contributed by atoms with E-state index in [-0.39, 0.29) is 34.7 Å². The summed E-state index contributed by atoms with van der Waals surface area (Å²) < 4.78 is 18.6. The zero-order chi connectivity index (χ0) is 25.6. The number of hydrogen-bond donors (Lipinski definition) is 0. The first-order chi connectivity index (χ1) is 16.4. The molecule has 0 radical (unpaired) electrons. The first-order valence-corrected chi connectivity index (χ1v) is 14.4. The third kappa shape index (κ3) is 4.75. The van der Waals surface area contributed by atoms with E-state index in [1.165, 1.54) is 37.7 Å². The van der Waals surface area contributed by atoms with Crippen molar-refractivity contribution >= 4 is 0 Å². The van der Waals surface area contributed by atoms with E-state index in [1.807, 2.05) is 6.92 Å². The van der Waals surface area contributed by atoms with Crippen molar-refractivity contribution in [2.24, 2.45) is 28.1 Å². The summed E-state index contributed by atoms with van der Waals surface area (Å²) >= 11 is 0. The molecule has 4 aliphatic carbocycles. The van der Waals surface area contributed by atoms with Gasteiger partial charge in [-0.25, -0.2) is 0 Å². The Morgan fingerprint density at radius 2 is 1.77 bits per heavy atom. The third-order valence-corrected chi connectivity index (χ3v) is 10.6. The predicted octanol–water partition coefficient (Wildman–Crippen LogP) is 8.40. The molecule has 0 N–H and O–H groups in total. The van der Waals surface area contributed by atoms with E-state index in [0.29, 0.717) is 18.4 Å². The molecule has 0 spiro atoms. The summed E-state index contributed by atoms with van der Waals surface area (Å²) in [7, 11) is 0. The lowest BCUT2D eigenvalue weighted by atomic mass is 9.46. The van der Waals surface area contributed by atoms with Crippen molar-refractivity contribution in [1.82, 2.24) is 0 Å². The van der Waals surface area contributed by atoms with Gasteiger partial charge in [0.15, 0.2) is 6.29 Å². The lowest BCUT2D eigenvalue weighted by Gasteiger charge is -2.60. The van der Waals surface area contributed by atoms with Gasteiger partial charge < -0.3 is 14.2 Å². The molecule has 0 aromatic heterocycles. The smallest absolute Gasteiger partial charge is 0.155 e. The van der Waals surface area contributed by atoms with E-state index >= 15 is 0 Å². The molecule has 35 heavy (non-hydrogen) atoms. The van der Waals surface area contributed by atoms with E-state index in [9.17, 15) is 0 Å². The summed E-state index contributed by atoms with van der Waals surface area (Å²) in [5, 5.41) is 0. The first-order valence-electron chi connectivity index (χ1n) is 14.4. The summed E-state index contributed by atoms with van der Waals surface area (Å²) in [6, 6.07) is 0. The van der Waals surface area contributed by atoms with Crippen LogP contribution in [0.1, 0.15) is 107 Å². The molecule has 3 heteroatoms. The second-order valence-corrected chi connectivity index (χ2v) is 13.2. The number of hydrogen-bond acceptors (Lipinski definition) is 3. The Hall–Kier alpha value is -0.900. The molecule has 3 nitrogen and oxygen atoms in total. The van der Waals surface area contributed by atoms with Gasteiger partial charge in [0.25, 0.3) is 0 Å². The van der Waals surface area contributed by atoms with Crippen molar-refractivity contribution in [3.05, 3.63) is 34.4 Å². The van der Waals surface area contributed by atoms with E-state index < -0.39 is 0 Å². The molecule has 0 aliphatic heterocycles. The maximum atomic E-state index is 6.48. The molecular formula is C32H52O3. The van der Waals surface area contributed by atoms with Crippen LogP contribution in [0.5, 0.6) is 0 Å². The topological polar surface area (TPSA) is 27.7 Å². The van der Waals surface area contributed by atoms with Gasteiger partial charge in [0.05, 0.1) is 18.8 Å².